The van der Waals surface area contributed by atoms with Gasteiger partial charge in [-0.15, -0.1) is 0 Å². The number of aliphatic carboxylic acids is 1. The van der Waals surface area contributed by atoms with E-state index in [1.165, 1.54) is 0 Å². The number of hydrogen-bond acceptors (Lipinski definition) is 6. The van der Waals surface area contributed by atoms with Gasteiger partial charge in [-0.1, -0.05) is 68.8 Å². The first-order chi connectivity index (χ1) is 19.1. The highest BCUT2D eigenvalue weighted by molar-refractivity contribution is 5.95. The quantitative estimate of drug-likeness (QED) is 0.155. The van der Waals surface area contributed by atoms with Gasteiger partial charge in [-0.05, 0) is 29.5 Å². The van der Waals surface area contributed by atoms with Crippen LogP contribution in [0, 0.1) is 5.92 Å². The lowest BCUT2D eigenvalue weighted by Crippen LogP contribution is -2.59. The van der Waals surface area contributed by atoms with Crippen LogP contribution in [0.4, 0.5) is 0 Å². The number of nitrogens with two attached hydrogens (primary N) is 1. The molecule has 0 aliphatic rings. The second-order valence-electron chi connectivity index (χ2n) is 9.87. The Kier molecular flexibility index (Phi) is 10.8. The zero-order valence-electron chi connectivity index (χ0n) is 22.6. The smallest absolute Gasteiger partial charge is 0.328 e. The predicted octanol–water partition coefficient (Wildman–Crippen LogP) is 0.858. The number of aliphatic hydroxyl groups excluding tert-OH is 1. The number of carboxylic acids is 1. The minimum Gasteiger partial charge on any atom is -0.480 e. The highest BCUT2D eigenvalue weighted by atomic mass is 16.4. The first-order valence-electron chi connectivity index (χ1n) is 13.2. The van der Waals surface area contributed by atoms with E-state index in [0.717, 1.165) is 22.0 Å². The molecule has 0 spiro atoms. The fraction of sp³-hybridized carbons (Fsp3) is 0.379. The third-order valence-corrected chi connectivity index (χ3v) is 6.96. The Morgan fingerprint density at radius 2 is 1.52 bits per heavy atom. The molecule has 0 aliphatic carbocycles. The zero-order chi connectivity index (χ0) is 29.2. The maximum atomic E-state index is 13.6. The van der Waals surface area contributed by atoms with Crippen molar-refractivity contribution in [1.82, 2.24) is 20.9 Å². The Labute approximate surface area is 232 Å². The van der Waals surface area contributed by atoms with Gasteiger partial charge in [0.15, 0.2) is 0 Å². The standard InChI is InChI=1S/C29H37N5O6/c1-3-17(2)25(28(38)33-24(16-35)29(39)40)34-27(37)23(14-19-15-31-22-12-8-7-11-20(19)22)32-26(36)21(30)13-18-9-5-4-6-10-18/h4-12,15,17,21,23-25,31,35H,3,13-14,16,30H2,1-2H3,(H,32,36)(H,33,38)(H,34,37)(H,39,40). The molecule has 3 amide bonds. The van der Waals surface area contributed by atoms with Crippen LogP contribution in [0.25, 0.3) is 10.9 Å². The number of carbonyl (C=O) groups is 4. The number of benzene rings is 2. The number of aromatic nitrogens is 1. The van der Waals surface area contributed by atoms with E-state index in [1.807, 2.05) is 61.5 Å². The third-order valence-electron chi connectivity index (χ3n) is 6.96. The third kappa shape index (κ3) is 7.90. The van der Waals surface area contributed by atoms with E-state index in [4.69, 9.17) is 5.73 Å². The second-order valence-corrected chi connectivity index (χ2v) is 9.87. The summed E-state index contributed by atoms with van der Waals surface area (Å²) in [5, 5.41) is 27.2. The van der Waals surface area contributed by atoms with Crippen molar-refractivity contribution in [2.75, 3.05) is 6.61 Å². The van der Waals surface area contributed by atoms with Crippen molar-refractivity contribution >= 4 is 34.6 Å². The molecule has 5 atom stereocenters. The SMILES string of the molecule is CCC(C)C(NC(=O)C(Cc1c[nH]c2ccccc12)NC(=O)C(N)Cc1ccccc1)C(=O)NC(CO)C(=O)O. The fourth-order valence-electron chi connectivity index (χ4n) is 4.37. The normalized spacial score (nSPS) is 14.9. The van der Waals surface area contributed by atoms with Gasteiger partial charge in [0.2, 0.25) is 17.7 Å². The average molecular weight is 552 g/mol. The molecule has 8 N–H and O–H groups in total. The second kappa shape index (κ2) is 14.2. The lowest BCUT2D eigenvalue weighted by molar-refractivity contribution is -0.143. The Bertz CT molecular complexity index is 1310. The van der Waals surface area contributed by atoms with E-state index in [0.29, 0.717) is 6.42 Å². The van der Waals surface area contributed by atoms with Gasteiger partial charge in [0, 0.05) is 23.5 Å². The lowest BCUT2D eigenvalue weighted by Gasteiger charge is -2.28. The molecule has 3 rings (SSSR count). The van der Waals surface area contributed by atoms with E-state index >= 15 is 0 Å². The van der Waals surface area contributed by atoms with Crippen LogP contribution in [-0.4, -0.2) is 69.7 Å². The van der Waals surface area contributed by atoms with Crippen molar-refractivity contribution in [2.45, 2.75) is 57.3 Å². The van der Waals surface area contributed by atoms with Crippen LogP contribution in [0.15, 0.2) is 60.8 Å². The number of amides is 3. The molecule has 1 heterocycles. The maximum absolute atomic E-state index is 13.6. The summed E-state index contributed by atoms with van der Waals surface area (Å²) < 4.78 is 0. The number of para-hydroxylation sites is 1. The molecule has 0 saturated heterocycles. The molecular weight excluding hydrogens is 514 g/mol. The van der Waals surface area contributed by atoms with Crippen LogP contribution in [0.2, 0.25) is 0 Å². The molecule has 11 heteroatoms. The van der Waals surface area contributed by atoms with Crippen LogP contribution in [-0.2, 0) is 32.0 Å². The molecule has 5 unspecified atom stereocenters. The number of nitrogens with one attached hydrogen (secondary N) is 4. The highest BCUT2D eigenvalue weighted by Gasteiger charge is 2.33. The minimum absolute atomic E-state index is 0.114. The first kappa shape index (κ1) is 30.3. The summed E-state index contributed by atoms with van der Waals surface area (Å²) in [5.74, 6) is -3.67. The van der Waals surface area contributed by atoms with Gasteiger partial charge < -0.3 is 36.9 Å². The summed E-state index contributed by atoms with van der Waals surface area (Å²) >= 11 is 0. The van der Waals surface area contributed by atoms with Crippen molar-refractivity contribution in [3.8, 4) is 0 Å². The number of carboxylic acid groups (broad SMARTS) is 1. The molecule has 3 aromatic rings. The number of rotatable bonds is 14. The zero-order valence-corrected chi connectivity index (χ0v) is 22.6. The Hall–Kier alpha value is -4.22. The molecule has 11 nitrogen and oxygen atoms in total. The molecule has 0 saturated carbocycles. The van der Waals surface area contributed by atoms with Crippen molar-refractivity contribution in [1.29, 1.82) is 0 Å². The van der Waals surface area contributed by atoms with Crippen LogP contribution < -0.4 is 21.7 Å². The Morgan fingerprint density at radius 3 is 2.17 bits per heavy atom. The van der Waals surface area contributed by atoms with Gasteiger partial charge in [0.05, 0.1) is 12.6 Å². The molecule has 2 aromatic carbocycles. The maximum Gasteiger partial charge on any atom is 0.328 e. The van der Waals surface area contributed by atoms with Crippen molar-refractivity contribution < 1.29 is 29.4 Å². The van der Waals surface area contributed by atoms with Gasteiger partial charge in [0.1, 0.15) is 18.1 Å². The van der Waals surface area contributed by atoms with Crippen molar-refractivity contribution in [3.05, 3.63) is 71.9 Å². The number of hydrogen-bond donors (Lipinski definition) is 7. The van der Waals surface area contributed by atoms with Crippen LogP contribution >= 0.6 is 0 Å². The van der Waals surface area contributed by atoms with Crippen LogP contribution in [0.3, 0.4) is 0 Å². The number of aromatic amines is 1. The van der Waals surface area contributed by atoms with E-state index < -0.39 is 54.5 Å². The molecule has 0 bridgehead atoms. The Morgan fingerprint density at radius 1 is 0.875 bits per heavy atom. The van der Waals surface area contributed by atoms with Gasteiger partial charge in [-0.3, -0.25) is 14.4 Å². The summed E-state index contributed by atoms with van der Waals surface area (Å²) in [4.78, 5) is 54.2. The molecule has 214 valence electrons. The number of fused-ring (bicyclic) bond motifs is 1. The summed E-state index contributed by atoms with van der Waals surface area (Å²) in [5.41, 5.74) is 8.70. The highest BCUT2D eigenvalue weighted by Crippen LogP contribution is 2.20. The predicted molar refractivity (Wildman–Crippen MR) is 150 cm³/mol. The van der Waals surface area contributed by atoms with Crippen LogP contribution in [0.5, 0.6) is 0 Å². The molecule has 0 fully saturated rings. The molecule has 0 radical (unpaired) electrons. The number of carbonyl (C=O) groups excluding carboxylic acids is 3. The van der Waals surface area contributed by atoms with Gasteiger partial charge in [0.25, 0.3) is 0 Å². The number of H-pyrrole nitrogens is 1. The van der Waals surface area contributed by atoms with Gasteiger partial charge in [-0.2, -0.15) is 0 Å². The minimum atomic E-state index is -1.52. The van der Waals surface area contributed by atoms with E-state index in [1.54, 1.807) is 13.1 Å². The average Bonchev–Trinajstić information content (AvgIpc) is 3.36. The Balaban J connectivity index is 1.84. The summed E-state index contributed by atoms with van der Waals surface area (Å²) in [6.07, 6.45) is 2.64. The van der Waals surface area contributed by atoms with E-state index in [-0.39, 0.29) is 18.8 Å². The lowest BCUT2D eigenvalue weighted by atomic mass is 9.96. The fourth-order valence-corrected chi connectivity index (χ4v) is 4.37. The van der Waals surface area contributed by atoms with Gasteiger partial charge >= 0.3 is 5.97 Å². The topological polar surface area (TPSA) is 187 Å². The summed E-state index contributed by atoms with van der Waals surface area (Å²) in [7, 11) is 0. The molecule has 40 heavy (non-hydrogen) atoms. The van der Waals surface area contributed by atoms with Crippen LogP contribution in [0.1, 0.15) is 31.4 Å². The molecule has 1 aromatic heterocycles. The van der Waals surface area contributed by atoms with Crippen molar-refractivity contribution in [2.24, 2.45) is 11.7 Å². The summed E-state index contributed by atoms with van der Waals surface area (Å²) in [6, 6.07) is 12.2. The van der Waals surface area contributed by atoms with E-state index in [9.17, 15) is 29.4 Å². The van der Waals surface area contributed by atoms with Crippen molar-refractivity contribution in [3.63, 3.8) is 0 Å². The van der Waals surface area contributed by atoms with E-state index in [2.05, 4.69) is 20.9 Å². The monoisotopic (exact) mass is 551 g/mol. The molecular formula is C29H37N5O6. The first-order valence-corrected chi connectivity index (χ1v) is 13.2. The molecule has 0 aliphatic heterocycles. The largest absolute Gasteiger partial charge is 0.480 e. The number of aliphatic hydroxyl groups is 1. The summed E-state index contributed by atoms with van der Waals surface area (Å²) in [6.45, 7) is 2.76. The van der Waals surface area contributed by atoms with Gasteiger partial charge in [-0.25, -0.2) is 4.79 Å².